The molecule has 1 N–H and O–H groups in total. The first-order chi connectivity index (χ1) is 15.4. The van der Waals surface area contributed by atoms with Gasteiger partial charge in [0.15, 0.2) is 0 Å². The third-order valence-electron chi connectivity index (χ3n) is 5.35. The third kappa shape index (κ3) is 4.42. The Morgan fingerprint density at radius 2 is 1.91 bits per heavy atom. The molecule has 2 aromatic carbocycles. The molecule has 1 aliphatic heterocycles. The lowest BCUT2D eigenvalue weighted by Crippen LogP contribution is -2.24. The number of rotatable bonds is 5. The lowest BCUT2D eigenvalue weighted by Gasteiger charge is -2.19. The number of carbonyl (C=O) groups excluding carboxylic acids is 1. The molecule has 162 valence electrons. The molecule has 8 heteroatoms. The van der Waals surface area contributed by atoms with Gasteiger partial charge in [0.2, 0.25) is 0 Å². The number of halogens is 3. The molecule has 4 rings (SSSR count). The lowest BCUT2D eigenvalue weighted by molar-refractivity contribution is -0.137. The van der Waals surface area contributed by atoms with Gasteiger partial charge in [-0.3, -0.25) is 4.79 Å². The molecule has 0 saturated heterocycles. The summed E-state index contributed by atoms with van der Waals surface area (Å²) in [7, 11) is 0. The first kappa shape index (κ1) is 21.4. The number of carbonyl (C=O) groups is 1. The van der Waals surface area contributed by atoms with Crippen LogP contribution in [-0.4, -0.2) is 24.0 Å². The summed E-state index contributed by atoms with van der Waals surface area (Å²) in [6.07, 6.45) is -1.75. The van der Waals surface area contributed by atoms with Gasteiger partial charge in [0.25, 0.3) is 5.91 Å². The van der Waals surface area contributed by atoms with E-state index in [0.29, 0.717) is 36.3 Å². The molecule has 2 heterocycles. The Kier molecular flexibility index (Phi) is 5.82. The largest absolute Gasteiger partial charge is 0.416 e. The molecule has 0 spiro atoms. The van der Waals surface area contributed by atoms with E-state index in [1.54, 1.807) is 30.5 Å². The van der Waals surface area contributed by atoms with Gasteiger partial charge in [0.05, 0.1) is 11.6 Å². The highest BCUT2D eigenvalue weighted by atomic mass is 19.4. The quantitative estimate of drug-likeness (QED) is 0.592. The van der Waals surface area contributed by atoms with Crippen LogP contribution in [-0.2, 0) is 19.0 Å². The average molecular weight is 436 g/mol. The van der Waals surface area contributed by atoms with E-state index in [1.807, 2.05) is 23.1 Å². The van der Waals surface area contributed by atoms with Crippen LogP contribution in [0, 0.1) is 11.3 Å². The Morgan fingerprint density at radius 1 is 1.12 bits per heavy atom. The number of aromatic nitrogens is 1. The Balaban J connectivity index is 1.59. The van der Waals surface area contributed by atoms with Gasteiger partial charge in [-0.2, -0.15) is 18.4 Å². The minimum atomic E-state index is -4.38. The maximum Gasteiger partial charge on any atom is 0.416 e. The Morgan fingerprint density at radius 3 is 2.69 bits per heavy atom. The second kappa shape index (κ2) is 8.71. The molecule has 32 heavy (non-hydrogen) atoms. The molecule has 0 fully saturated rings. The van der Waals surface area contributed by atoms with Crippen molar-refractivity contribution >= 4 is 17.4 Å². The predicted octanol–water partition coefficient (Wildman–Crippen LogP) is 4.64. The van der Waals surface area contributed by atoms with Crippen molar-refractivity contribution in [3.63, 3.8) is 0 Å². The molecule has 0 atom stereocenters. The number of hydrogen-bond donors (Lipinski definition) is 1. The summed E-state index contributed by atoms with van der Waals surface area (Å²) in [5.74, 6) is 0.374. The van der Waals surface area contributed by atoms with Crippen molar-refractivity contribution in [1.82, 2.24) is 10.3 Å². The molecule has 0 radical (unpaired) electrons. The second-order valence-electron chi connectivity index (χ2n) is 7.44. The molecule has 3 aromatic rings. The fourth-order valence-corrected chi connectivity index (χ4v) is 3.91. The highest BCUT2D eigenvalue weighted by molar-refractivity contribution is 5.98. The number of hydrogen-bond acceptors (Lipinski definition) is 4. The van der Waals surface area contributed by atoms with Crippen LogP contribution in [0.1, 0.15) is 32.6 Å². The number of alkyl halides is 3. The molecule has 0 unspecified atom stereocenters. The smallest absolute Gasteiger partial charge is 0.339 e. The van der Waals surface area contributed by atoms with E-state index in [-0.39, 0.29) is 12.5 Å². The van der Waals surface area contributed by atoms with Crippen LogP contribution in [0.4, 0.5) is 24.7 Å². The standard InChI is InChI=1S/C24H19F3N4O/c25-24(26,27)18-4-1-3-16(14-18)13-17-7-10-29-22(15-17)31-12-8-19-20(5-2-6-21(19)31)23(32)30-11-9-28/h1-7,10,14-15H,8,11-13H2,(H,30,32). The van der Waals surface area contributed by atoms with Gasteiger partial charge in [-0.05, 0) is 59.9 Å². The Bertz CT molecular complexity index is 1200. The van der Waals surface area contributed by atoms with E-state index in [4.69, 9.17) is 5.26 Å². The van der Waals surface area contributed by atoms with E-state index in [2.05, 4.69) is 10.3 Å². The topological polar surface area (TPSA) is 69.0 Å². The summed E-state index contributed by atoms with van der Waals surface area (Å²) in [6.45, 7) is 0.559. The summed E-state index contributed by atoms with van der Waals surface area (Å²) >= 11 is 0. The fraction of sp³-hybridized carbons (Fsp3) is 0.208. The zero-order chi connectivity index (χ0) is 22.7. The monoisotopic (exact) mass is 436 g/mol. The normalized spacial score (nSPS) is 12.9. The Hall–Kier alpha value is -3.86. The van der Waals surface area contributed by atoms with Crippen molar-refractivity contribution in [3.8, 4) is 6.07 Å². The minimum Gasteiger partial charge on any atom is -0.339 e. The SMILES string of the molecule is N#CCNC(=O)c1cccc2c1CCN2c1cc(Cc2cccc(C(F)(F)F)c2)ccn1. The molecule has 5 nitrogen and oxygen atoms in total. The Labute approximate surface area is 183 Å². The van der Waals surface area contributed by atoms with E-state index < -0.39 is 11.7 Å². The zero-order valence-electron chi connectivity index (χ0n) is 17.0. The summed E-state index contributed by atoms with van der Waals surface area (Å²) < 4.78 is 39.0. The van der Waals surface area contributed by atoms with Crippen molar-refractivity contribution in [1.29, 1.82) is 5.26 Å². The van der Waals surface area contributed by atoms with Crippen LogP contribution in [0.5, 0.6) is 0 Å². The maximum absolute atomic E-state index is 13.0. The second-order valence-corrected chi connectivity index (χ2v) is 7.44. The van der Waals surface area contributed by atoms with Crippen LogP contribution >= 0.6 is 0 Å². The lowest BCUT2D eigenvalue weighted by atomic mass is 10.0. The van der Waals surface area contributed by atoms with E-state index in [1.165, 1.54) is 6.07 Å². The molecule has 1 amide bonds. The van der Waals surface area contributed by atoms with Crippen LogP contribution in [0.2, 0.25) is 0 Å². The molecule has 1 aromatic heterocycles. The maximum atomic E-state index is 13.0. The van der Waals surface area contributed by atoms with Gasteiger partial charge in [-0.1, -0.05) is 24.3 Å². The van der Waals surface area contributed by atoms with Crippen molar-refractivity contribution in [2.24, 2.45) is 0 Å². The highest BCUT2D eigenvalue weighted by Gasteiger charge is 2.30. The minimum absolute atomic E-state index is 0.0641. The van der Waals surface area contributed by atoms with Crippen molar-refractivity contribution in [2.45, 2.75) is 19.0 Å². The molecular weight excluding hydrogens is 417 g/mol. The summed E-state index contributed by atoms with van der Waals surface area (Å²) in [5.41, 5.74) is 3.01. The van der Waals surface area contributed by atoms with E-state index in [0.717, 1.165) is 28.9 Å². The number of nitriles is 1. The first-order valence-electron chi connectivity index (χ1n) is 10.0. The van der Waals surface area contributed by atoms with Gasteiger partial charge in [0.1, 0.15) is 12.4 Å². The first-order valence-corrected chi connectivity index (χ1v) is 10.0. The fourth-order valence-electron chi connectivity index (χ4n) is 3.91. The molecule has 0 bridgehead atoms. The summed E-state index contributed by atoms with van der Waals surface area (Å²) in [4.78, 5) is 18.8. The van der Waals surface area contributed by atoms with Crippen LogP contribution < -0.4 is 10.2 Å². The van der Waals surface area contributed by atoms with E-state index >= 15 is 0 Å². The predicted molar refractivity (Wildman–Crippen MR) is 114 cm³/mol. The van der Waals surface area contributed by atoms with Gasteiger partial charge in [0, 0.05) is 24.0 Å². The molecule has 0 saturated carbocycles. The number of anilines is 2. The number of benzene rings is 2. The zero-order valence-corrected chi connectivity index (χ0v) is 17.0. The van der Waals surface area contributed by atoms with Gasteiger partial charge in [-0.25, -0.2) is 4.98 Å². The van der Waals surface area contributed by atoms with Crippen molar-refractivity contribution in [2.75, 3.05) is 18.0 Å². The van der Waals surface area contributed by atoms with Crippen molar-refractivity contribution in [3.05, 3.63) is 88.6 Å². The van der Waals surface area contributed by atoms with Crippen LogP contribution in [0.25, 0.3) is 0 Å². The number of nitrogens with one attached hydrogen (secondary N) is 1. The average Bonchev–Trinajstić information content (AvgIpc) is 3.21. The summed E-state index contributed by atoms with van der Waals surface area (Å²) in [5, 5.41) is 11.3. The van der Waals surface area contributed by atoms with Crippen LogP contribution in [0.3, 0.4) is 0 Å². The number of fused-ring (bicyclic) bond motifs is 1. The van der Waals surface area contributed by atoms with Crippen molar-refractivity contribution < 1.29 is 18.0 Å². The summed E-state index contributed by atoms with van der Waals surface area (Å²) in [6, 6.07) is 16.3. The van der Waals surface area contributed by atoms with E-state index in [9.17, 15) is 18.0 Å². The van der Waals surface area contributed by atoms with Gasteiger partial charge < -0.3 is 10.2 Å². The number of pyridine rings is 1. The van der Waals surface area contributed by atoms with Crippen LogP contribution in [0.15, 0.2) is 60.8 Å². The molecular formula is C24H19F3N4O. The number of amides is 1. The van der Waals surface area contributed by atoms with Gasteiger partial charge >= 0.3 is 6.18 Å². The third-order valence-corrected chi connectivity index (χ3v) is 5.35. The number of nitrogens with zero attached hydrogens (tertiary/aromatic N) is 3. The van der Waals surface area contributed by atoms with Gasteiger partial charge in [-0.15, -0.1) is 0 Å². The molecule has 1 aliphatic rings. The molecule has 0 aliphatic carbocycles. The highest BCUT2D eigenvalue weighted by Crippen LogP contribution is 2.36.